The highest BCUT2D eigenvalue weighted by Crippen LogP contribution is 2.36. The molecule has 0 atom stereocenters. The van der Waals surface area contributed by atoms with Gasteiger partial charge in [0.05, 0.1) is 25.4 Å². The predicted molar refractivity (Wildman–Crippen MR) is 116 cm³/mol. The normalized spacial score (nSPS) is 13.0. The highest BCUT2D eigenvalue weighted by atomic mass is 16.5. The van der Waals surface area contributed by atoms with Crippen LogP contribution in [0.25, 0.3) is 17.0 Å². The smallest absolute Gasteiger partial charge is 0.248 e. The average Bonchev–Trinajstić information content (AvgIpc) is 3.12. The van der Waals surface area contributed by atoms with Crippen LogP contribution in [0.4, 0.5) is 11.5 Å². The van der Waals surface area contributed by atoms with Crippen LogP contribution in [-0.4, -0.2) is 38.7 Å². The van der Waals surface area contributed by atoms with Crippen LogP contribution in [0.2, 0.25) is 0 Å². The van der Waals surface area contributed by atoms with Gasteiger partial charge in [-0.2, -0.15) is 0 Å². The Kier molecular flexibility index (Phi) is 5.08. The molecule has 6 heteroatoms. The number of para-hydroxylation sites is 1. The van der Waals surface area contributed by atoms with Crippen molar-refractivity contribution in [2.75, 3.05) is 38.0 Å². The van der Waals surface area contributed by atoms with Crippen LogP contribution < -0.4 is 19.7 Å². The van der Waals surface area contributed by atoms with Crippen molar-refractivity contribution in [3.8, 4) is 11.5 Å². The second-order valence-corrected chi connectivity index (χ2v) is 6.91. The van der Waals surface area contributed by atoms with Gasteiger partial charge in [-0.05, 0) is 36.3 Å². The Labute approximate surface area is 169 Å². The highest BCUT2D eigenvalue weighted by molar-refractivity contribution is 6.09. The minimum atomic E-state index is -0.187. The first kappa shape index (κ1) is 18.8. The van der Waals surface area contributed by atoms with Crippen LogP contribution in [0.3, 0.4) is 0 Å². The number of benzene rings is 2. The molecule has 0 aliphatic carbocycles. The number of carbonyl (C=O) groups is 1. The molecule has 148 valence electrons. The molecule has 0 unspecified atom stereocenters. The number of hydrogen-bond acceptors (Lipinski definition) is 5. The van der Waals surface area contributed by atoms with E-state index in [1.165, 1.54) is 6.08 Å². The van der Waals surface area contributed by atoms with Crippen molar-refractivity contribution >= 4 is 34.4 Å². The lowest BCUT2D eigenvalue weighted by molar-refractivity contribution is -0.111. The molecule has 0 fully saturated rings. The van der Waals surface area contributed by atoms with Gasteiger partial charge >= 0.3 is 0 Å². The van der Waals surface area contributed by atoms with Crippen molar-refractivity contribution in [1.29, 1.82) is 0 Å². The minimum absolute atomic E-state index is 0.187. The molecule has 0 spiro atoms. The van der Waals surface area contributed by atoms with Gasteiger partial charge in [-0.15, -0.1) is 0 Å². The predicted octanol–water partition coefficient (Wildman–Crippen LogP) is 3.90. The fourth-order valence-corrected chi connectivity index (χ4v) is 3.61. The summed E-state index contributed by atoms with van der Waals surface area (Å²) in [6, 6.07) is 13.4. The van der Waals surface area contributed by atoms with Crippen molar-refractivity contribution in [3.63, 3.8) is 0 Å². The molecule has 1 N–H and O–H groups in total. The first-order chi connectivity index (χ1) is 14.1. The third-order valence-electron chi connectivity index (χ3n) is 5.11. The number of nitrogens with one attached hydrogen (secondary N) is 1. The van der Waals surface area contributed by atoms with E-state index in [1.807, 2.05) is 49.5 Å². The molecule has 1 aliphatic heterocycles. The summed E-state index contributed by atoms with van der Waals surface area (Å²) in [5.74, 6) is 2.02. The van der Waals surface area contributed by atoms with Crippen LogP contribution in [0.15, 0.2) is 48.5 Å². The Morgan fingerprint density at radius 1 is 1.14 bits per heavy atom. The average molecular weight is 389 g/mol. The van der Waals surface area contributed by atoms with E-state index < -0.39 is 0 Å². The van der Waals surface area contributed by atoms with Crippen LogP contribution in [0, 0.1) is 0 Å². The van der Waals surface area contributed by atoms with Gasteiger partial charge < -0.3 is 19.7 Å². The molecule has 0 bridgehead atoms. The topological polar surface area (TPSA) is 63.7 Å². The fourth-order valence-electron chi connectivity index (χ4n) is 3.61. The summed E-state index contributed by atoms with van der Waals surface area (Å²) < 4.78 is 10.6. The zero-order chi connectivity index (χ0) is 20.4. The van der Waals surface area contributed by atoms with Gasteiger partial charge in [0.25, 0.3) is 0 Å². The summed E-state index contributed by atoms with van der Waals surface area (Å²) in [4.78, 5) is 19.6. The molecular weight excluding hydrogens is 366 g/mol. The van der Waals surface area contributed by atoms with Gasteiger partial charge in [-0.25, -0.2) is 4.98 Å². The number of aromatic nitrogens is 1. The van der Waals surface area contributed by atoms with E-state index in [0.29, 0.717) is 11.5 Å². The van der Waals surface area contributed by atoms with Gasteiger partial charge in [0.15, 0.2) is 11.5 Å². The Hall–Kier alpha value is -3.54. The summed E-state index contributed by atoms with van der Waals surface area (Å²) in [6.45, 7) is 0.892. The molecule has 29 heavy (non-hydrogen) atoms. The number of nitrogens with zero attached hydrogens (tertiary/aromatic N) is 2. The zero-order valence-electron chi connectivity index (χ0n) is 16.7. The fraction of sp³-hybridized carbons (Fsp3) is 0.217. The molecule has 3 aromatic rings. The summed E-state index contributed by atoms with van der Waals surface area (Å²) in [7, 11) is 5.20. The highest BCUT2D eigenvalue weighted by Gasteiger charge is 2.23. The molecular formula is C23H23N3O3. The largest absolute Gasteiger partial charge is 0.493 e. The van der Waals surface area contributed by atoms with Crippen molar-refractivity contribution in [3.05, 3.63) is 59.7 Å². The zero-order valence-corrected chi connectivity index (χ0v) is 16.7. The quantitative estimate of drug-likeness (QED) is 0.671. The first-order valence-corrected chi connectivity index (χ1v) is 9.44. The third kappa shape index (κ3) is 3.61. The van der Waals surface area contributed by atoms with Crippen LogP contribution in [-0.2, 0) is 11.2 Å². The summed E-state index contributed by atoms with van der Waals surface area (Å²) in [5, 5.41) is 4.03. The van der Waals surface area contributed by atoms with Crippen molar-refractivity contribution in [2.45, 2.75) is 6.42 Å². The lowest BCUT2D eigenvalue weighted by atomic mass is 10.1. The Bertz CT molecular complexity index is 1110. The molecule has 2 aromatic carbocycles. The van der Waals surface area contributed by atoms with E-state index in [9.17, 15) is 4.79 Å². The van der Waals surface area contributed by atoms with Crippen molar-refractivity contribution in [1.82, 2.24) is 4.98 Å². The van der Waals surface area contributed by atoms with E-state index in [1.54, 1.807) is 20.3 Å². The molecule has 1 aliphatic rings. The van der Waals surface area contributed by atoms with Gasteiger partial charge in [-0.3, -0.25) is 4.79 Å². The van der Waals surface area contributed by atoms with E-state index >= 15 is 0 Å². The maximum absolute atomic E-state index is 12.7. The Morgan fingerprint density at radius 2 is 1.93 bits per heavy atom. The van der Waals surface area contributed by atoms with E-state index in [4.69, 9.17) is 14.5 Å². The number of likely N-dealkylation sites (N-methyl/N-ethyl adjacent to an activating group) is 1. The SMILES string of the molecule is COc1ccc(/C=C/C(=O)Nc2c3c(nc4ccccc24)N(C)CC3)cc1OC. The monoisotopic (exact) mass is 389 g/mol. The number of hydrogen-bond donors (Lipinski definition) is 1. The Balaban J connectivity index is 1.62. The minimum Gasteiger partial charge on any atom is -0.493 e. The van der Waals surface area contributed by atoms with Crippen LogP contribution in [0.1, 0.15) is 11.1 Å². The third-order valence-corrected chi connectivity index (χ3v) is 5.11. The van der Waals surface area contributed by atoms with E-state index in [2.05, 4.69) is 10.2 Å². The number of carbonyl (C=O) groups excluding carboxylic acids is 1. The lowest BCUT2D eigenvalue weighted by Crippen LogP contribution is -2.14. The molecule has 1 aromatic heterocycles. The van der Waals surface area contributed by atoms with Gasteiger partial charge in [0.1, 0.15) is 5.82 Å². The van der Waals surface area contributed by atoms with Crippen LogP contribution in [0.5, 0.6) is 11.5 Å². The summed E-state index contributed by atoms with van der Waals surface area (Å²) in [5.41, 5.74) is 3.65. The second kappa shape index (κ2) is 7.83. The standard InChI is InChI=1S/C23H23N3O3/c1-26-13-12-17-22(16-6-4-5-7-18(16)24-23(17)26)25-21(27)11-9-15-8-10-19(28-2)20(14-15)29-3/h4-11,14H,12-13H2,1-3H3,(H,24,25,27)/b11-9+. The molecule has 2 heterocycles. The second-order valence-electron chi connectivity index (χ2n) is 6.91. The molecule has 4 rings (SSSR count). The summed E-state index contributed by atoms with van der Waals surface area (Å²) >= 11 is 0. The maximum atomic E-state index is 12.7. The molecule has 0 radical (unpaired) electrons. The van der Waals surface area contributed by atoms with Gasteiger partial charge in [-0.1, -0.05) is 24.3 Å². The molecule has 6 nitrogen and oxygen atoms in total. The molecule has 0 saturated carbocycles. The number of anilines is 2. The maximum Gasteiger partial charge on any atom is 0.248 e. The number of methoxy groups -OCH3 is 2. The number of amides is 1. The van der Waals surface area contributed by atoms with Crippen LogP contribution >= 0.6 is 0 Å². The van der Waals surface area contributed by atoms with E-state index in [0.717, 1.165) is 46.5 Å². The number of fused-ring (bicyclic) bond motifs is 2. The first-order valence-electron chi connectivity index (χ1n) is 9.44. The Morgan fingerprint density at radius 3 is 2.72 bits per heavy atom. The van der Waals surface area contributed by atoms with Gasteiger partial charge in [0, 0.05) is 30.6 Å². The molecule has 1 amide bonds. The lowest BCUT2D eigenvalue weighted by Gasteiger charge is -2.15. The molecule has 0 saturated heterocycles. The van der Waals surface area contributed by atoms with Crippen molar-refractivity contribution < 1.29 is 14.3 Å². The van der Waals surface area contributed by atoms with Crippen molar-refractivity contribution in [2.24, 2.45) is 0 Å². The number of rotatable bonds is 5. The summed E-state index contributed by atoms with van der Waals surface area (Å²) in [6.07, 6.45) is 4.15. The van der Waals surface area contributed by atoms with E-state index in [-0.39, 0.29) is 5.91 Å². The van der Waals surface area contributed by atoms with Gasteiger partial charge in [0.2, 0.25) is 5.91 Å². The number of pyridine rings is 1. The number of ether oxygens (including phenoxy) is 2.